The van der Waals surface area contributed by atoms with Gasteiger partial charge in [0, 0.05) is 50.6 Å². The van der Waals surface area contributed by atoms with E-state index in [1.807, 2.05) is 12.1 Å². The molecule has 0 spiro atoms. The fourth-order valence-electron chi connectivity index (χ4n) is 5.49. The Bertz CT molecular complexity index is 1290. The Morgan fingerprint density at radius 1 is 0.850 bits per heavy atom. The highest BCUT2D eigenvalue weighted by molar-refractivity contribution is 6.34. The fourth-order valence-corrected chi connectivity index (χ4v) is 5.71. The number of benzene rings is 3. The van der Waals surface area contributed by atoms with Gasteiger partial charge in [0.05, 0.1) is 29.4 Å². The lowest BCUT2D eigenvalue weighted by molar-refractivity contribution is 0.0383. The third-order valence-corrected chi connectivity index (χ3v) is 8.09. The van der Waals surface area contributed by atoms with Crippen LogP contribution in [0.25, 0.3) is 0 Å². The summed E-state index contributed by atoms with van der Waals surface area (Å²) in [6, 6.07) is 23.2. The molecule has 2 heterocycles. The Hall–Kier alpha value is -3.39. The molecule has 5 rings (SSSR count). The number of hydrogen-bond donors (Lipinski definition) is 2. The zero-order chi connectivity index (χ0) is 27.7. The van der Waals surface area contributed by atoms with Crippen LogP contribution in [0.5, 0.6) is 0 Å². The van der Waals surface area contributed by atoms with E-state index in [1.165, 1.54) is 5.56 Å². The molecule has 2 saturated heterocycles. The van der Waals surface area contributed by atoms with Gasteiger partial charge in [0.2, 0.25) is 0 Å². The third-order valence-electron chi connectivity index (χ3n) is 7.76. The maximum Gasteiger partial charge on any atom is 0.257 e. The number of nitrogens with zero attached hydrogens (tertiary/aromatic N) is 2. The van der Waals surface area contributed by atoms with Crippen molar-refractivity contribution in [3.8, 4) is 0 Å². The van der Waals surface area contributed by atoms with Gasteiger partial charge in [-0.3, -0.25) is 14.5 Å². The van der Waals surface area contributed by atoms with E-state index in [2.05, 4.69) is 50.8 Å². The fraction of sp³-hybridized carbons (Fsp3) is 0.375. The van der Waals surface area contributed by atoms with Gasteiger partial charge in [0.15, 0.2) is 0 Å². The van der Waals surface area contributed by atoms with E-state index >= 15 is 0 Å². The lowest BCUT2D eigenvalue weighted by Crippen LogP contribution is -2.41. The zero-order valence-corrected chi connectivity index (χ0v) is 23.5. The highest BCUT2D eigenvalue weighted by Gasteiger charge is 2.24. The number of piperidine rings is 1. The third kappa shape index (κ3) is 7.42. The molecule has 0 aliphatic carbocycles. The first kappa shape index (κ1) is 28.1. The van der Waals surface area contributed by atoms with Crippen LogP contribution in [0.1, 0.15) is 39.1 Å². The molecule has 7 nitrogen and oxygen atoms in total. The van der Waals surface area contributed by atoms with E-state index in [1.54, 1.807) is 30.3 Å². The summed E-state index contributed by atoms with van der Waals surface area (Å²) in [5.74, 6) is 0.181. The molecule has 0 aromatic heterocycles. The smallest absolute Gasteiger partial charge is 0.257 e. The van der Waals surface area contributed by atoms with Crippen LogP contribution in [-0.2, 0) is 11.2 Å². The summed E-state index contributed by atoms with van der Waals surface area (Å²) in [6.07, 6.45) is 3.21. The lowest BCUT2D eigenvalue weighted by atomic mass is 9.89. The molecule has 0 bridgehead atoms. The predicted octanol–water partition coefficient (Wildman–Crippen LogP) is 5.11. The first-order chi connectivity index (χ1) is 19.6. The molecule has 0 saturated carbocycles. The zero-order valence-electron chi connectivity index (χ0n) is 22.8. The average Bonchev–Trinajstić information content (AvgIpc) is 2.99. The van der Waals surface area contributed by atoms with Gasteiger partial charge in [0.25, 0.3) is 11.8 Å². The Labute approximate surface area is 241 Å². The number of halogens is 1. The second-order valence-electron chi connectivity index (χ2n) is 10.5. The summed E-state index contributed by atoms with van der Waals surface area (Å²) < 4.78 is 5.43. The van der Waals surface area contributed by atoms with Crippen LogP contribution in [0.2, 0.25) is 5.02 Å². The first-order valence-electron chi connectivity index (χ1n) is 14.1. The van der Waals surface area contributed by atoms with Gasteiger partial charge >= 0.3 is 0 Å². The normalized spacial score (nSPS) is 16.5. The molecule has 8 heteroatoms. The maximum absolute atomic E-state index is 13.5. The monoisotopic (exact) mass is 560 g/mol. The number of amides is 2. The molecule has 3 aromatic rings. The van der Waals surface area contributed by atoms with Gasteiger partial charge in [-0.25, -0.2) is 0 Å². The molecule has 0 atom stereocenters. The Morgan fingerprint density at radius 2 is 1.57 bits per heavy atom. The number of anilines is 2. The van der Waals surface area contributed by atoms with Crippen LogP contribution in [-0.4, -0.2) is 69.2 Å². The standard InChI is InChI=1S/C32H37ClN4O3/c33-29-9-5-4-8-27(29)32(39)35-26-10-11-30(28(23-26)31(38)34-14-17-36-18-20-40-21-19-36)37-15-12-25(13-16-37)22-24-6-2-1-3-7-24/h1-11,23,25H,12-22H2,(H,34,38)(H,35,39). The number of carbonyl (C=O) groups is 2. The number of ether oxygens (including phenoxy) is 1. The molecule has 0 radical (unpaired) electrons. The summed E-state index contributed by atoms with van der Waals surface area (Å²) in [4.78, 5) is 31.0. The molecule has 2 N–H and O–H groups in total. The first-order valence-corrected chi connectivity index (χ1v) is 14.5. The van der Waals surface area contributed by atoms with E-state index in [0.717, 1.165) is 70.9 Å². The maximum atomic E-state index is 13.5. The largest absolute Gasteiger partial charge is 0.379 e. The Balaban J connectivity index is 1.29. The van der Waals surface area contributed by atoms with E-state index in [-0.39, 0.29) is 11.8 Å². The minimum absolute atomic E-state index is 0.136. The summed E-state index contributed by atoms with van der Waals surface area (Å²) in [5, 5.41) is 6.41. The molecule has 0 unspecified atom stereocenters. The van der Waals surface area contributed by atoms with Crippen molar-refractivity contribution in [3.05, 3.63) is 94.5 Å². The van der Waals surface area contributed by atoms with Gasteiger partial charge in [-0.15, -0.1) is 0 Å². The van der Waals surface area contributed by atoms with Gasteiger partial charge in [-0.05, 0) is 61.1 Å². The van der Waals surface area contributed by atoms with Crippen LogP contribution in [0.15, 0.2) is 72.8 Å². The summed E-state index contributed by atoms with van der Waals surface area (Å²) >= 11 is 6.23. The summed E-state index contributed by atoms with van der Waals surface area (Å²) in [6.45, 7) is 6.31. The number of hydrogen-bond acceptors (Lipinski definition) is 5. The van der Waals surface area contributed by atoms with E-state index in [4.69, 9.17) is 16.3 Å². The molecule has 40 heavy (non-hydrogen) atoms. The number of rotatable bonds is 9. The van der Waals surface area contributed by atoms with Crippen LogP contribution < -0.4 is 15.5 Å². The minimum Gasteiger partial charge on any atom is -0.379 e. The number of nitrogens with one attached hydrogen (secondary N) is 2. The molecule has 2 fully saturated rings. The molecule has 2 aliphatic heterocycles. The van der Waals surface area contributed by atoms with Crippen molar-refractivity contribution in [2.45, 2.75) is 19.3 Å². The highest BCUT2D eigenvalue weighted by atomic mass is 35.5. The van der Waals surface area contributed by atoms with E-state index in [9.17, 15) is 9.59 Å². The number of morpholine rings is 1. The van der Waals surface area contributed by atoms with Crippen LogP contribution in [0.4, 0.5) is 11.4 Å². The van der Waals surface area contributed by atoms with E-state index in [0.29, 0.717) is 34.3 Å². The van der Waals surface area contributed by atoms with Gasteiger partial charge in [-0.2, -0.15) is 0 Å². The SMILES string of the molecule is O=C(Nc1ccc(N2CCC(Cc3ccccc3)CC2)c(C(=O)NCCN2CCOCC2)c1)c1ccccc1Cl. The number of carbonyl (C=O) groups excluding carboxylic acids is 2. The van der Waals surface area contributed by atoms with Crippen molar-refractivity contribution in [2.24, 2.45) is 5.92 Å². The highest BCUT2D eigenvalue weighted by Crippen LogP contribution is 2.30. The Morgan fingerprint density at radius 3 is 2.33 bits per heavy atom. The molecule has 210 valence electrons. The van der Waals surface area contributed by atoms with Gasteiger partial charge in [0.1, 0.15) is 0 Å². The van der Waals surface area contributed by atoms with Crippen LogP contribution in [0, 0.1) is 5.92 Å². The summed E-state index contributed by atoms with van der Waals surface area (Å²) in [5.41, 5.74) is 3.80. The minimum atomic E-state index is -0.307. The van der Waals surface area contributed by atoms with Crippen molar-refractivity contribution >= 4 is 34.8 Å². The predicted molar refractivity (Wildman–Crippen MR) is 161 cm³/mol. The van der Waals surface area contributed by atoms with Crippen molar-refractivity contribution in [2.75, 3.05) is 62.7 Å². The molecular formula is C32H37ClN4O3. The van der Waals surface area contributed by atoms with Crippen molar-refractivity contribution in [1.82, 2.24) is 10.2 Å². The average molecular weight is 561 g/mol. The van der Waals surface area contributed by atoms with Crippen molar-refractivity contribution in [1.29, 1.82) is 0 Å². The van der Waals surface area contributed by atoms with Gasteiger partial charge in [-0.1, -0.05) is 54.1 Å². The topological polar surface area (TPSA) is 73.9 Å². The second kappa shape index (κ2) is 13.8. The molecule has 2 aliphatic rings. The van der Waals surface area contributed by atoms with Gasteiger partial charge < -0.3 is 20.3 Å². The summed E-state index contributed by atoms with van der Waals surface area (Å²) in [7, 11) is 0. The van der Waals surface area contributed by atoms with E-state index < -0.39 is 0 Å². The molecule has 2 amide bonds. The van der Waals surface area contributed by atoms with Crippen molar-refractivity contribution in [3.63, 3.8) is 0 Å². The second-order valence-corrected chi connectivity index (χ2v) is 10.9. The molecule has 3 aromatic carbocycles. The van der Waals surface area contributed by atoms with Crippen LogP contribution >= 0.6 is 11.6 Å². The quantitative estimate of drug-likeness (QED) is 0.380. The molecular weight excluding hydrogens is 524 g/mol. The van der Waals surface area contributed by atoms with Crippen LogP contribution in [0.3, 0.4) is 0 Å². The van der Waals surface area contributed by atoms with Crippen molar-refractivity contribution < 1.29 is 14.3 Å². The Kier molecular flexibility index (Phi) is 9.71. The lowest BCUT2D eigenvalue weighted by Gasteiger charge is -2.35.